The van der Waals surface area contributed by atoms with Crippen LogP contribution < -0.4 is 16.4 Å². The molecule has 5 heteroatoms. The van der Waals surface area contributed by atoms with E-state index in [9.17, 15) is 9.59 Å². The van der Waals surface area contributed by atoms with Crippen molar-refractivity contribution in [2.24, 2.45) is 17.6 Å². The molecule has 0 aliphatic heterocycles. The maximum atomic E-state index is 12.0. The zero-order chi connectivity index (χ0) is 15.8. The molecule has 5 nitrogen and oxygen atoms in total. The molecule has 0 radical (unpaired) electrons. The van der Waals surface area contributed by atoms with Gasteiger partial charge in [0, 0.05) is 24.7 Å². The Bertz CT molecular complexity index is 469. The van der Waals surface area contributed by atoms with E-state index in [0.29, 0.717) is 24.6 Å². The lowest BCUT2D eigenvalue weighted by molar-refractivity contribution is -0.117. The van der Waals surface area contributed by atoms with Crippen LogP contribution in [0.1, 0.15) is 33.6 Å². The first-order chi connectivity index (χ1) is 9.90. The van der Waals surface area contributed by atoms with Crippen LogP contribution in [0, 0.1) is 11.8 Å². The predicted molar refractivity (Wildman–Crippen MR) is 86.0 cm³/mol. The summed E-state index contributed by atoms with van der Waals surface area (Å²) in [7, 11) is 0. The Kier molecular flexibility index (Phi) is 6.88. The van der Waals surface area contributed by atoms with Gasteiger partial charge in [-0.1, -0.05) is 13.8 Å². The van der Waals surface area contributed by atoms with Crippen LogP contribution in [0.25, 0.3) is 0 Å². The average molecular weight is 291 g/mol. The van der Waals surface area contributed by atoms with Crippen molar-refractivity contribution in [2.75, 3.05) is 17.2 Å². The highest BCUT2D eigenvalue weighted by molar-refractivity contribution is 5.92. The van der Waals surface area contributed by atoms with Crippen molar-refractivity contribution in [3.05, 3.63) is 24.3 Å². The van der Waals surface area contributed by atoms with Crippen LogP contribution in [-0.2, 0) is 9.59 Å². The van der Waals surface area contributed by atoms with Crippen molar-refractivity contribution >= 4 is 23.2 Å². The number of rotatable bonds is 7. The summed E-state index contributed by atoms with van der Waals surface area (Å²) in [6, 6.07) is 7.04. The molecule has 1 atom stereocenters. The topological polar surface area (TPSA) is 84.2 Å². The van der Waals surface area contributed by atoms with Crippen LogP contribution in [-0.4, -0.2) is 18.4 Å². The molecule has 1 rings (SSSR count). The second kappa shape index (κ2) is 8.42. The fraction of sp³-hybridized carbons (Fsp3) is 0.500. The Morgan fingerprint density at radius 1 is 1.10 bits per heavy atom. The first kappa shape index (κ1) is 17.2. The average Bonchev–Trinajstić information content (AvgIpc) is 2.39. The number of carbonyl (C=O) groups is 2. The first-order valence-corrected chi connectivity index (χ1v) is 7.28. The lowest BCUT2D eigenvalue weighted by Crippen LogP contribution is -2.23. The summed E-state index contributed by atoms with van der Waals surface area (Å²) in [5, 5.41) is 5.53. The standard InChI is InChI=1S/C16H25N3O2/c1-11(2)8-13(10-17)9-16(21)19-15-6-4-14(5-7-15)18-12(3)20/h4-7,11,13H,8-10,17H2,1-3H3,(H,18,20)(H,19,21)/t13-/m0/s1. The van der Waals surface area contributed by atoms with Crippen LogP contribution in [0.15, 0.2) is 24.3 Å². The lowest BCUT2D eigenvalue weighted by atomic mass is 9.94. The molecule has 0 aliphatic carbocycles. The number of hydrogen-bond acceptors (Lipinski definition) is 3. The van der Waals surface area contributed by atoms with Gasteiger partial charge in [0.2, 0.25) is 11.8 Å². The summed E-state index contributed by atoms with van der Waals surface area (Å²) >= 11 is 0. The van der Waals surface area contributed by atoms with Gasteiger partial charge in [-0.25, -0.2) is 0 Å². The number of nitrogens with two attached hydrogens (primary N) is 1. The molecular formula is C16H25N3O2. The highest BCUT2D eigenvalue weighted by atomic mass is 16.2. The molecule has 1 aromatic rings. The van der Waals surface area contributed by atoms with E-state index in [0.717, 1.165) is 12.1 Å². The molecule has 0 saturated carbocycles. The minimum atomic E-state index is -0.119. The molecule has 0 fully saturated rings. The second-order valence-electron chi connectivity index (χ2n) is 5.74. The summed E-state index contributed by atoms with van der Waals surface area (Å²) in [6.45, 7) is 6.23. The van der Waals surface area contributed by atoms with Gasteiger partial charge in [-0.2, -0.15) is 0 Å². The SMILES string of the molecule is CC(=O)Nc1ccc(NC(=O)C[C@@H](CN)CC(C)C)cc1. The van der Waals surface area contributed by atoms with E-state index >= 15 is 0 Å². The molecule has 2 amide bonds. The highest BCUT2D eigenvalue weighted by Crippen LogP contribution is 2.17. The largest absolute Gasteiger partial charge is 0.330 e. The quantitative estimate of drug-likeness (QED) is 0.722. The maximum Gasteiger partial charge on any atom is 0.224 e. The zero-order valence-electron chi connectivity index (χ0n) is 13.0. The summed E-state index contributed by atoms with van der Waals surface area (Å²) < 4.78 is 0. The minimum absolute atomic E-state index is 0.0293. The minimum Gasteiger partial charge on any atom is -0.330 e. The first-order valence-electron chi connectivity index (χ1n) is 7.28. The Balaban J connectivity index is 2.52. The molecule has 0 aliphatic rings. The normalized spacial score (nSPS) is 12.0. The number of hydrogen-bond donors (Lipinski definition) is 3. The smallest absolute Gasteiger partial charge is 0.224 e. The number of nitrogens with one attached hydrogen (secondary N) is 2. The Morgan fingerprint density at radius 3 is 2.05 bits per heavy atom. The third kappa shape index (κ3) is 6.90. The van der Waals surface area contributed by atoms with E-state index in [1.54, 1.807) is 24.3 Å². The van der Waals surface area contributed by atoms with Gasteiger partial charge in [0.05, 0.1) is 0 Å². The molecule has 0 unspecified atom stereocenters. The number of carbonyl (C=O) groups excluding carboxylic acids is 2. The summed E-state index contributed by atoms with van der Waals surface area (Å²) in [4.78, 5) is 22.9. The van der Waals surface area contributed by atoms with Gasteiger partial charge in [-0.15, -0.1) is 0 Å². The zero-order valence-corrected chi connectivity index (χ0v) is 13.0. The molecule has 4 N–H and O–H groups in total. The summed E-state index contributed by atoms with van der Waals surface area (Å²) in [5.74, 6) is 0.594. The van der Waals surface area contributed by atoms with Crippen LogP contribution in [0.4, 0.5) is 11.4 Å². The number of anilines is 2. The number of benzene rings is 1. The van der Waals surface area contributed by atoms with Crippen LogP contribution in [0.3, 0.4) is 0 Å². The van der Waals surface area contributed by atoms with Gasteiger partial charge < -0.3 is 16.4 Å². The van der Waals surface area contributed by atoms with E-state index in [2.05, 4.69) is 24.5 Å². The van der Waals surface area contributed by atoms with Crippen molar-refractivity contribution < 1.29 is 9.59 Å². The monoisotopic (exact) mass is 291 g/mol. The van der Waals surface area contributed by atoms with Crippen LogP contribution >= 0.6 is 0 Å². The predicted octanol–water partition coefficient (Wildman–Crippen LogP) is 2.59. The van der Waals surface area contributed by atoms with E-state index in [4.69, 9.17) is 5.73 Å². The molecule has 0 saturated heterocycles. The van der Waals surface area contributed by atoms with E-state index in [-0.39, 0.29) is 17.7 Å². The van der Waals surface area contributed by atoms with Crippen molar-refractivity contribution in [3.8, 4) is 0 Å². The van der Waals surface area contributed by atoms with Crippen molar-refractivity contribution in [2.45, 2.75) is 33.6 Å². The second-order valence-corrected chi connectivity index (χ2v) is 5.74. The highest BCUT2D eigenvalue weighted by Gasteiger charge is 2.14. The van der Waals surface area contributed by atoms with Gasteiger partial charge in [-0.3, -0.25) is 9.59 Å². The van der Waals surface area contributed by atoms with Gasteiger partial charge in [0.15, 0.2) is 0 Å². The molecule has 0 heterocycles. The molecule has 0 bridgehead atoms. The van der Waals surface area contributed by atoms with Gasteiger partial charge in [-0.05, 0) is 49.1 Å². The van der Waals surface area contributed by atoms with Crippen LogP contribution in [0.2, 0.25) is 0 Å². The Morgan fingerprint density at radius 2 is 1.62 bits per heavy atom. The summed E-state index contributed by atoms with van der Waals surface area (Å²) in [6.07, 6.45) is 1.38. The Hall–Kier alpha value is -1.88. The van der Waals surface area contributed by atoms with Gasteiger partial charge in [0.1, 0.15) is 0 Å². The number of amides is 2. The lowest BCUT2D eigenvalue weighted by Gasteiger charge is -2.16. The molecule has 21 heavy (non-hydrogen) atoms. The van der Waals surface area contributed by atoms with Gasteiger partial charge in [0.25, 0.3) is 0 Å². The maximum absolute atomic E-state index is 12.0. The van der Waals surface area contributed by atoms with Gasteiger partial charge >= 0.3 is 0 Å². The molecule has 116 valence electrons. The fourth-order valence-corrected chi connectivity index (χ4v) is 2.24. The van der Waals surface area contributed by atoms with Crippen molar-refractivity contribution in [1.82, 2.24) is 0 Å². The van der Waals surface area contributed by atoms with E-state index in [1.165, 1.54) is 6.92 Å². The van der Waals surface area contributed by atoms with Crippen molar-refractivity contribution in [1.29, 1.82) is 0 Å². The molecular weight excluding hydrogens is 266 g/mol. The molecule has 1 aromatic carbocycles. The Labute approximate surface area is 126 Å². The third-order valence-corrected chi connectivity index (χ3v) is 3.10. The third-order valence-electron chi connectivity index (χ3n) is 3.10. The van der Waals surface area contributed by atoms with E-state index < -0.39 is 0 Å². The van der Waals surface area contributed by atoms with Crippen molar-refractivity contribution in [3.63, 3.8) is 0 Å². The van der Waals surface area contributed by atoms with E-state index in [1.807, 2.05) is 0 Å². The molecule has 0 aromatic heterocycles. The summed E-state index contributed by atoms with van der Waals surface area (Å²) in [5.41, 5.74) is 7.13. The van der Waals surface area contributed by atoms with Crippen LogP contribution in [0.5, 0.6) is 0 Å². The fourth-order valence-electron chi connectivity index (χ4n) is 2.24. The molecule has 0 spiro atoms.